The summed E-state index contributed by atoms with van der Waals surface area (Å²) in [5.41, 5.74) is 3.21. The average Bonchev–Trinajstić information content (AvgIpc) is 2.67. The Kier molecular flexibility index (Phi) is 3.37. The summed E-state index contributed by atoms with van der Waals surface area (Å²) in [5.74, 6) is 0.214. The first kappa shape index (κ1) is 15.3. The molecule has 1 amide bonds. The van der Waals surface area contributed by atoms with Crippen LogP contribution in [0.2, 0.25) is 0 Å². The lowest BCUT2D eigenvalue weighted by Gasteiger charge is -2.49. The summed E-state index contributed by atoms with van der Waals surface area (Å²) >= 11 is 0. The molecule has 0 bridgehead atoms. The molecule has 0 unspecified atom stereocenters. The normalized spacial score (nSPS) is 24.2. The van der Waals surface area contributed by atoms with Crippen LogP contribution in [0.25, 0.3) is 11.0 Å². The maximum Gasteiger partial charge on any atom is 0.233 e. The molecule has 0 saturated heterocycles. The number of aromatic nitrogens is 2. The van der Waals surface area contributed by atoms with Crippen LogP contribution in [-0.4, -0.2) is 15.9 Å². The zero-order chi connectivity index (χ0) is 16.9. The fourth-order valence-corrected chi connectivity index (χ4v) is 5.31. The summed E-state index contributed by atoms with van der Waals surface area (Å²) in [6.45, 7) is 0. The Hall–Kier alpha value is -1.97. The maximum atomic E-state index is 13.4. The van der Waals surface area contributed by atoms with Crippen LogP contribution >= 0.6 is 0 Å². The molecular formula is C21H25N3O. The van der Waals surface area contributed by atoms with Gasteiger partial charge in [-0.25, -0.2) is 9.97 Å². The van der Waals surface area contributed by atoms with E-state index < -0.39 is 5.41 Å². The predicted octanol–water partition coefficient (Wildman–Crippen LogP) is 4.12. The molecule has 25 heavy (non-hydrogen) atoms. The van der Waals surface area contributed by atoms with Crippen LogP contribution in [0.15, 0.2) is 24.3 Å². The van der Waals surface area contributed by atoms with Crippen molar-refractivity contribution >= 4 is 16.9 Å². The van der Waals surface area contributed by atoms with Crippen LogP contribution in [0.5, 0.6) is 0 Å². The van der Waals surface area contributed by atoms with Crippen molar-refractivity contribution in [1.82, 2.24) is 15.3 Å². The van der Waals surface area contributed by atoms with E-state index in [2.05, 4.69) is 5.32 Å². The molecule has 2 spiro atoms. The number of amides is 1. The third-order valence-corrected chi connectivity index (χ3v) is 6.68. The highest BCUT2D eigenvalue weighted by molar-refractivity contribution is 5.92. The van der Waals surface area contributed by atoms with Crippen LogP contribution in [0.1, 0.15) is 75.6 Å². The predicted molar refractivity (Wildman–Crippen MR) is 97.2 cm³/mol. The van der Waals surface area contributed by atoms with E-state index in [1.54, 1.807) is 0 Å². The topological polar surface area (TPSA) is 54.9 Å². The minimum absolute atomic E-state index is 0.214. The lowest BCUT2D eigenvalue weighted by molar-refractivity contribution is -0.132. The Morgan fingerprint density at radius 1 is 0.760 bits per heavy atom. The van der Waals surface area contributed by atoms with Gasteiger partial charge in [-0.2, -0.15) is 0 Å². The van der Waals surface area contributed by atoms with Crippen molar-refractivity contribution in [2.24, 2.45) is 0 Å². The van der Waals surface area contributed by atoms with Crippen molar-refractivity contribution in [3.8, 4) is 0 Å². The van der Waals surface area contributed by atoms with Crippen molar-refractivity contribution in [3.05, 3.63) is 35.7 Å². The first-order chi connectivity index (χ1) is 12.2. The second-order valence-electron chi connectivity index (χ2n) is 8.15. The molecule has 2 heterocycles. The van der Waals surface area contributed by atoms with E-state index in [4.69, 9.17) is 9.97 Å². The lowest BCUT2D eigenvalue weighted by Crippen LogP contribution is -2.61. The van der Waals surface area contributed by atoms with Crippen molar-refractivity contribution in [2.45, 2.75) is 75.2 Å². The van der Waals surface area contributed by atoms with Crippen LogP contribution in [0.4, 0.5) is 0 Å². The lowest BCUT2D eigenvalue weighted by atomic mass is 9.63. The highest BCUT2D eigenvalue weighted by Crippen LogP contribution is 2.49. The largest absolute Gasteiger partial charge is 0.344 e. The van der Waals surface area contributed by atoms with Gasteiger partial charge in [0.15, 0.2) is 0 Å². The standard InChI is InChI=1S/C21H25N3O/c25-19-20(11-5-1-6-12-20)17-18(21(24-19)13-7-2-8-14-21)23-16-10-4-3-9-15(16)22-17/h3-4,9-10H,1-2,5-8,11-14H2,(H,24,25). The molecule has 1 aromatic heterocycles. The summed E-state index contributed by atoms with van der Waals surface area (Å²) in [5, 5.41) is 3.47. The minimum atomic E-state index is -0.451. The van der Waals surface area contributed by atoms with Crippen LogP contribution < -0.4 is 5.32 Å². The number of nitrogens with zero attached hydrogens (tertiary/aromatic N) is 2. The fraction of sp³-hybridized carbons (Fsp3) is 0.571. The van der Waals surface area contributed by atoms with Crippen LogP contribution in [-0.2, 0) is 15.7 Å². The molecule has 130 valence electrons. The third-order valence-electron chi connectivity index (χ3n) is 6.68. The number of hydrogen-bond acceptors (Lipinski definition) is 3. The van der Waals surface area contributed by atoms with E-state index >= 15 is 0 Å². The molecule has 4 nitrogen and oxygen atoms in total. The van der Waals surface area contributed by atoms with Crippen LogP contribution in [0, 0.1) is 0 Å². The van der Waals surface area contributed by atoms with Gasteiger partial charge in [0.2, 0.25) is 5.91 Å². The Morgan fingerprint density at radius 2 is 1.32 bits per heavy atom. The fourth-order valence-electron chi connectivity index (χ4n) is 5.31. The molecule has 2 aromatic rings. The Bertz CT molecular complexity index is 832. The third kappa shape index (κ3) is 2.16. The molecule has 4 heteroatoms. The molecule has 0 atom stereocenters. The van der Waals surface area contributed by atoms with Gasteiger partial charge >= 0.3 is 0 Å². The molecule has 5 rings (SSSR count). The number of nitrogens with one attached hydrogen (secondary N) is 1. The molecule has 0 radical (unpaired) electrons. The van der Waals surface area contributed by atoms with E-state index in [9.17, 15) is 4.79 Å². The Labute approximate surface area is 148 Å². The summed E-state index contributed by atoms with van der Waals surface area (Å²) in [7, 11) is 0. The average molecular weight is 335 g/mol. The van der Waals surface area contributed by atoms with Gasteiger partial charge in [-0.15, -0.1) is 0 Å². The smallest absolute Gasteiger partial charge is 0.233 e. The summed E-state index contributed by atoms with van der Waals surface area (Å²) in [4.78, 5) is 23.5. The summed E-state index contributed by atoms with van der Waals surface area (Å²) in [6.07, 6.45) is 10.8. The second kappa shape index (κ2) is 5.52. The molecule has 3 aliphatic rings. The molecule has 2 fully saturated rings. The first-order valence-electron chi connectivity index (χ1n) is 9.84. The van der Waals surface area contributed by atoms with Gasteiger partial charge < -0.3 is 5.32 Å². The zero-order valence-electron chi connectivity index (χ0n) is 14.7. The van der Waals surface area contributed by atoms with Crippen molar-refractivity contribution in [3.63, 3.8) is 0 Å². The first-order valence-corrected chi connectivity index (χ1v) is 9.84. The van der Waals surface area contributed by atoms with Gasteiger partial charge in [0.25, 0.3) is 0 Å². The molecule has 2 aliphatic carbocycles. The Morgan fingerprint density at radius 3 is 1.96 bits per heavy atom. The number of fused-ring (bicyclic) bond motifs is 4. The van der Waals surface area contributed by atoms with Crippen molar-refractivity contribution in [1.29, 1.82) is 0 Å². The van der Waals surface area contributed by atoms with Gasteiger partial charge in [0.05, 0.1) is 33.4 Å². The molecule has 1 aromatic carbocycles. The number of benzene rings is 1. The second-order valence-corrected chi connectivity index (χ2v) is 8.15. The molecule has 2 saturated carbocycles. The number of rotatable bonds is 0. The highest BCUT2D eigenvalue weighted by Gasteiger charge is 2.54. The van der Waals surface area contributed by atoms with Gasteiger partial charge in [-0.1, -0.05) is 50.7 Å². The minimum Gasteiger partial charge on any atom is -0.344 e. The number of carbonyl (C=O) groups is 1. The van der Waals surface area contributed by atoms with Gasteiger partial charge in [-0.3, -0.25) is 4.79 Å². The highest BCUT2D eigenvalue weighted by atomic mass is 16.2. The maximum absolute atomic E-state index is 13.4. The molecule has 1 N–H and O–H groups in total. The molecule has 1 aliphatic heterocycles. The quantitative estimate of drug-likeness (QED) is 0.788. The number of hydrogen-bond donors (Lipinski definition) is 1. The summed E-state index contributed by atoms with van der Waals surface area (Å²) in [6, 6.07) is 8.10. The van der Waals surface area contributed by atoms with E-state index in [1.807, 2.05) is 24.3 Å². The van der Waals surface area contributed by atoms with E-state index in [-0.39, 0.29) is 11.4 Å². The van der Waals surface area contributed by atoms with Crippen LogP contribution in [0.3, 0.4) is 0 Å². The monoisotopic (exact) mass is 335 g/mol. The zero-order valence-corrected chi connectivity index (χ0v) is 14.7. The van der Waals surface area contributed by atoms with E-state index in [1.165, 1.54) is 12.8 Å². The SMILES string of the molecule is O=C1NC2(CCCCC2)c2nc3ccccc3nc2C12CCCCC2. The summed E-state index contributed by atoms with van der Waals surface area (Å²) < 4.78 is 0. The van der Waals surface area contributed by atoms with E-state index in [0.29, 0.717) is 0 Å². The molecular weight excluding hydrogens is 310 g/mol. The van der Waals surface area contributed by atoms with E-state index in [0.717, 1.165) is 73.8 Å². The number of para-hydroxylation sites is 2. The van der Waals surface area contributed by atoms with Gasteiger partial charge in [0, 0.05) is 0 Å². The Balaban J connectivity index is 1.78. The van der Waals surface area contributed by atoms with Gasteiger partial charge in [0.1, 0.15) is 0 Å². The van der Waals surface area contributed by atoms with Crippen molar-refractivity contribution < 1.29 is 4.79 Å². The van der Waals surface area contributed by atoms with Gasteiger partial charge in [-0.05, 0) is 37.8 Å². The van der Waals surface area contributed by atoms with Crippen molar-refractivity contribution in [2.75, 3.05) is 0 Å². The number of carbonyl (C=O) groups excluding carboxylic acids is 1.